The molecule has 0 fully saturated rings. The van der Waals surface area contributed by atoms with Crippen molar-refractivity contribution in [1.82, 2.24) is 9.78 Å². The molecule has 0 saturated heterocycles. The van der Waals surface area contributed by atoms with E-state index in [1.54, 1.807) is 12.1 Å². The van der Waals surface area contributed by atoms with Crippen molar-refractivity contribution in [2.45, 2.75) is 38.8 Å². The van der Waals surface area contributed by atoms with Crippen LogP contribution in [0.15, 0.2) is 30.5 Å². The molecule has 0 radical (unpaired) electrons. The molecular weight excluding hydrogens is 277 g/mol. The molecule has 20 heavy (non-hydrogen) atoms. The highest BCUT2D eigenvalue weighted by molar-refractivity contribution is 6.30. The second-order valence-corrected chi connectivity index (χ2v) is 5.46. The molecule has 2 unspecified atom stereocenters. The predicted molar refractivity (Wildman–Crippen MR) is 79.3 cm³/mol. The predicted octanol–water partition coefficient (Wildman–Crippen LogP) is 3.89. The largest absolute Gasteiger partial charge is 0.324 e. The molecule has 2 aromatic rings. The van der Waals surface area contributed by atoms with Gasteiger partial charge in [0, 0.05) is 35.3 Å². The van der Waals surface area contributed by atoms with Crippen LogP contribution in [0.25, 0.3) is 0 Å². The van der Waals surface area contributed by atoms with Gasteiger partial charge in [0.25, 0.3) is 0 Å². The Kier molecular flexibility index (Phi) is 4.78. The zero-order valence-electron chi connectivity index (χ0n) is 11.7. The van der Waals surface area contributed by atoms with Crippen LogP contribution >= 0.6 is 11.6 Å². The minimum absolute atomic E-state index is 0.354. The van der Waals surface area contributed by atoms with Crippen LogP contribution in [0.1, 0.15) is 43.6 Å². The summed E-state index contributed by atoms with van der Waals surface area (Å²) in [5, 5.41) is 4.86. The second kappa shape index (κ2) is 6.37. The standard InChI is InChI=1S/C15H19ClFN3/c1-3-10(2)20-7-6-12(19-20)9-15(18)13-5-4-11(16)8-14(13)17/h4-8,10,15H,3,9,18H2,1-2H3. The van der Waals surface area contributed by atoms with Gasteiger partial charge in [0.1, 0.15) is 5.82 Å². The van der Waals surface area contributed by atoms with E-state index in [9.17, 15) is 4.39 Å². The summed E-state index contributed by atoms with van der Waals surface area (Å²) in [5.41, 5.74) is 7.40. The van der Waals surface area contributed by atoms with Gasteiger partial charge in [0.05, 0.1) is 5.69 Å². The molecule has 2 N–H and O–H groups in total. The molecule has 2 atom stereocenters. The van der Waals surface area contributed by atoms with Gasteiger partial charge >= 0.3 is 0 Å². The van der Waals surface area contributed by atoms with Crippen molar-refractivity contribution in [2.24, 2.45) is 5.73 Å². The van der Waals surface area contributed by atoms with E-state index in [1.807, 2.05) is 16.9 Å². The lowest BCUT2D eigenvalue weighted by Gasteiger charge is -2.12. The Morgan fingerprint density at radius 1 is 1.40 bits per heavy atom. The van der Waals surface area contributed by atoms with Crippen LogP contribution < -0.4 is 5.73 Å². The zero-order chi connectivity index (χ0) is 14.7. The molecule has 1 aromatic heterocycles. The Morgan fingerprint density at radius 2 is 2.15 bits per heavy atom. The molecule has 0 aliphatic heterocycles. The van der Waals surface area contributed by atoms with Gasteiger partial charge in [0.2, 0.25) is 0 Å². The number of nitrogens with zero attached hydrogens (tertiary/aromatic N) is 2. The van der Waals surface area contributed by atoms with Crippen LogP contribution in [0.3, 0.4) is 0 Å². The first-order valence-electron chi connectivity index (χ1n) is 6.75. The van der Waals surface area contributed by atoms with Crippen molar-refractivity contribution in [1.29, 1.82) is 0 Å². The highest BCUT2D eigenvalue weighted by Gasteiger charge is 2.14. The Bertz CT molecular complexity index is 582. The highest BCUT2D eigenvalue weighted by Crippen LogP contribution is 2.22. The molecular formula is C15H19ClFN3. The summed E-state index contributed by atoms with van der Waals surface area (Å²) in [6.07, 6.45) is 3.45. The average Bonchev–Trinajstić information content (AvgIpc) is 2.86. The first kappa shape index (κ1) is 15.0. The van der Waals surface area contributed by atoms with Crippen LogP contribution in [0.5, 0.6) is 0 Å². The maximum Gasteiger partial charge on any atom is 0.129 e. The van der Waals surface area contributed by atoms with Crippen LogP contribution in [-0.4, -0.2) is 9.78 Å². The number of hydrogen-bond donors (Lipinski definition) is 1. The monoisotopic (exact) mass is 295 g/mol. The Balaban J connectivity index is 2.11. The fourth-order valence-corrected chi connectivity index (χ4v) is 2.22. The fraction of sp³-hybridized carbons (Fsp3) is 0.400. The van der Waals surface area contributed by atoms with Crippen molar-refractivity contribution in [3.8, 4) is 0 Å². The molecule has 0 aliphatic rings. The summed E-state index contributed by atoms with van der Waals surface area (Å²) in [6.45, 7) is 4.22. The van der Waals surface area contributed by atoms with Gasteiger partial charge in [-0.1, -0.05) is 24.6 Å². The molecule has 3 nitrogen and oxygen atoms in total. The van der Waals surface area contributed by atoms with Crippen LogP contribution in [0.2, 0.25) is 5.02 Å². The van der Waals surface area contributed by atoms with Crippen molar-refractivity contribution in [3.05, 3.63) is 52.6 Å². The van der Waals surface area contributed by atoms with Gasteiger partial charge in [-0.05, 0) is 31.5 Å². The zero-order valence-corrected chi connectivity index (χ0v) is 12.4. The minimum atomic E-state index is -0.424. The number of benzene rings is 1. The molecule has 1 heterocycles. The molecule has 2 rings (SSSR count). The maximum atomic E-state index is 13.8. The number of aromatic nitrogens is 2. The van der Waals surface area contributed by atoms with Crippen molar-refractivity contribution in [2.75, 3.05) is 0 Å². The van der Waals surface area contributed by atoms with Crippen LogP contribution in [0.4, 0.5) is 4.39 Å². The Morgan fingerprint density at radius 3 is 2.80 bits per heavy atom. The molecule has 0 bridgehead atoms. The van der Waals surface area contributed by atoms with Gasteiger partial charge in [-0.25, -0.2) is 4.39 Å². The van der Waals surface area contributed by atoms with E-state index in [0.29, 0.717) is 23.0 Å². The van der Waals surface area contributed by atoms with Gasteiger partial charge in [-0.3, -0.25) is 4.68 Å². The lowest BCUT2D eigenvalue weighted by molar-refractivity contribution is 0.471. The summed E-state index contributed by atoms with van der Waals surface area (Å²) in [6, 6.07) is 6.43. The quantitative estimate of drug-likeness (QED) is 0.909. The molecule has 0 saturated carbocycles. The van der Waals surface area contributed by atoms with E-state index in [0.717, 1.165) is 12.1 Å². The number of halogens is 2. The minimum Gasteiger partial charge on any atom is -0.324 e. The van der Waals surface area contributed by atoms with Gasteiger partial charge in [0.15, 0.2) is 0 Å². The SMILES string of the molecule is CCC(C)n1ccc(CC(N)c2ccc(Cl)cc2F)n1. The van der Waals surface area contributed by atoms with E-state index >= 15 is 0 Å². The summed E-state index contributed by atoms with van der Waals surface area (Å²) in [4.78, 5) is 0. The van der Waals surface area contributed by atoms with Crippen molar-refractivity contribution < 1.29 is 4.39 Å². The normalized spacial score (nSPS) is 14.2. The summed E-state index contributed by atoms with van der Waals surface area (Å²) in [5.74, 6) is -0.369. The van der Waals surface area contributed by atoms with Gasteiger partial charge in [-0.2, -0.15) is 5.10 Å². The van der Waals surface area contributed by atoms with Gasteiger partial charge in [-0.15, -0.1) is 0 Å². The summed E-state index contributed by atoms with van der Waals surface area (Å²) >= 11 is 5.74. The van der Waals surface area contributed by atoms with E-state index in [-0.39, 0.29) is 5.82 Å². The lowest BCUT2D eigenvalue weighted by Crippen LogP contribution is -2.15. The van der Waals surface area contributed by atoms with Crippen molar-refractivity contribution in [3.63, 3.8) is 0 Å². The third-order valence-corrected chi connectivity index (χ3v) is 3.73. The summed E-state index contributed by atoms with van der Waals surface area (Å²) in [7, 11) is 0. The van der Waals surface area contributed by atoms with E-state index in [4.69, 9.17) is 17.3 Å². The lowest BCUT2D eigenvalue weighted by atomic mass is 10.0. The molecule has 1 aromatic carbocycles. The molecule has 0 spiro atoms. The third kappa shape index (κ3) is 3.38. The van der Waals surface area contributed by atoms with E-state index < -0.39 is 6.04 Å². The Hall–Kier alpha value is -1.39. The second-order valence-electron chi connectivity index (χ2n) is 5.02. The smallest absolute Gasteiger partial charge is 0.129 e. The number of nitrogens with two attached hydrogens (primary N) is 1. The van der Waals surface area contributed by atoms with Gasteiger partial charge < -0.3 is 5.73 Å². The van der Waals surface area contributed by atoms with E-state index in [2.05, 4.69) is 18.9 Å². The average molecular weight is 296 g/mol. The van der Waals surface area contributed by atoms with E-state index in [1.165, 1.54) is 6.07 Å². The first-order valence-corrected chi connectivity index (χ1v) is 7.13. The van der Waals surface area contributed by atoms with Crippen LogP contribution in [-0.2, 0) is 6.42 Å². The third-order valence-electron chi connectivity index (χ3n) is 3.50. The first-order chi connectivity index (χ1) is 9.51. The summed E-state index contributed by atoms with van der Waals surface area (Å²) < 4.78 is 15.7. The van der Waals surface area contributed by atoms with Crippen molar-refractivity contribution >= 4 is 11.6 Å². The Labute approximate surface area is 123 Å². The molecule has 108 valence electrons. The highest BCUT2D eigenvalue weighted by atomic mass is 35.5. The number of hydrogen-bond acceptors (Lipinski definition) is 2. The number of rotatable bonds is 5. The molecule has 0 amide bonds. The van der Waals surface area contributed by atoms with Crippen LogP contribution in [0, 0.1) is 5.82 Å². The topological polar surface area (TPSA) is 43.8 Å². The molecule has 0 aliphatic carbocycles. The molecule has 5 heteroatoms. The maximum absolute atomic E-state index is 13.8. The fourth-order valence-electron chi connectivity index (χ4n) is 2.06.